The molecule has 138 valence electrons. The maximum atomic E-state index is 12.9. The Morgan fingerprint density at radius 1 is 1.00 bits per heavy atom. The van der Waals surface area contributed by atoms with Gasteiger partial charge in [-0.15, -0.1) is 0 Å². The quantitative estimate of drug-likeness (QED) is 0.651. The van der Waals surface area contributed by atoms with Crippen molar-refractivity contribution in [1.29, 1.82) is 0 Å². The summed E-state index contributed by atoms with van der Waals surface area (Å²) < 4.78 is 5.45. The number of nitrogens with zero attached hydrogens (tertiary/aromatic N) is 2. The van der Waals surface area contributed by atoms with E-state index in [0.717, 1.165) is 22.8 Å². The summed E-state index contributed by atoms with van der Waals surface area (Å²) in [6.45, 7) is 5.13. The van der Waals surface area contributed by atoms with Crippen molar-refractivity contribution in [3.63, 3.8) is 0 Å². The van der Waals surface area contributed by atoms with Gasteiger partial charge in [0.1, 0.15) is 5.75 Å². The summed E-state index contributed by atoms with van der Waals surface area (Å²) in [6.07, 6.45) is 3.29. The molecule has 27 heavy (non-hydrogen) atoms. The summed E-state index contributed by atoms with van der Waals surface area (Å²) >= 11 is 0. The molecule has 0 atom stereocenters. The van der Waals surface area contributed by atoms with Crippen LogP contribution >= 0.6 is 0 Å². The normalized spacial score (nSPS) is 10.3. The lowest BCUT2D eigenvalue weighted by Gasteiger charge is -2.21. The third-order valence-corrected chi connectivity index (χ3v) is 4.07. The van der Waals surface area contributed by atoms with Gasteiger partial charge in [0.05, 0.1) is 24.1 Å². The second-order valence-electron chi connectivity index (χ2n) is 5.93. The maximum Gasteiger partial charge on any atom is 0.259 e. The molecule has 5 heteroatoms. The van der Waals surface area contributed by atoms with Gasteiger partial charge in [-0.2, -0.15) is 0 Å². The molecule has 5 nitrogen and oxygen atoms in total. The number of pyridine rings is 1. The number of carbonyl (C=O) groups is 1. The molecular formula is C22H23N3O2. The van der Waals surface area contributed by atoms with Crippen LogP contribution in [0, 0.1) is 0 Å². The molecule has 1 amide bonds. The highest BCUT2D eigenvalue weighted by molar-refractivity contribution is 6.06. The number of ether oxygens (including phenoxy) is 1. The minimum Gasteiger partial charge on any atom is -0.494 e. The van der Waals surface area contributed by atoms with Crippen LogP contribution in [0.3, 0.4) is 0 Å². The molecule has 3 rings (SSSR count). The molecular weight excluding hydrogens is 338 g/mol. The Balaban J connectivity index is 1.77. The number of hydrogen-bond acceptors (Lipinski definition) is 4. The zero-order valence-corrected chi connectivity index (χ0v) is 15.6. The molecule has 0 bridgehead atoms. The Kier molecular flexibility index (Phi) is 6.05. The van der Waals surface area contributed by atoms with Crippen molar-refractivity contribution in [2.24, 2.45) is 0 Å². The summed E-state index contributed by atoms with van der Waals surface area (Å²) in [5.74, 6) is 0.748. The van der Waals surface area contributed by atoms with Crippen LogP contribution in [0.2, 0.25) is 0 Å². The first-order valence-electron chi connectivity index (χ1n) is 9.03. The third-order valence-electron chi connectivity index (χ3n) is 4.07. The van der Waals surface area contributed by atoms with Gasteiger partial charge in [-0.05, 0) is 56.3 Å². The van der Waals surface area contributed by atoms with Crippen molar-refractivity contribution in [3.05, 3.63) is 78.6 Å². The number of para-hydroxylation sites is 1. The van der Waals surface area contributed by atoms with Crippen LogP contribution in [-0.4, -0.2) is 24.0 Å². The van der Waals surface area contributed by atoms with E-state index in [9.17, 15) is 4.79 Å². The Labute approximate surface area is 159 Å². The number of nitrogens with one attached hydrogen (secondary N) is 1. The zero-order valence-electron chi connectivity index (χ0n) is 15.6. The smallest absolute Gasteiger partial charge is 0.259 e. The van der Waals surface area contributed by atoms with E-state index in [-0.39, 0.29) is 5.91 Å². The van der Waals surface area contributed by atoms with E-state index < -0.39 is 0 Å². The summed E-state index contributed by atoms with van der Waals surface area (Å²) in [4.78, 5) is 18.9. The van der Waals surface area contributed by atoms with Crippen molar-refractivity contribution in [2.45, 2.75) is 13.8 Å². The van der Waals surface area contributed by atoms with Gasteiger partial charge in [-0.1, -0.05) is 18.2 Å². The third kappa shape index (κ3) is 4.64. The number of anilines is 3. The molecule has 0 saturated heterocycles. The Bertz CT molecular complexity index is 880. The number of hydrogen-bond donors (Lipinski definition) is 1. The lowest BCUT2D eigenvalue weighted by atomic mass is 10.2. The summed E-state index contributed by atoms with van der Waals surface area (Å²) in [7, 11) is 0. The number of rotatable bonds is 7. The summed E-state index contributed by atoms with van der Waals surface area (Å²) in [6, 6.07) is 19.1. The Morgan fingerprint density at radius 2 is 1.74 bits per heavy atom. The van der Waals surface area contributed by atoms with Crippen LogP contribution in [0.25, 0.3) is 0 Å². The first-order chi connectivity index (χ1) is 13.2. The van der Waals surface area contributed by atoms with Crippen LogP contribution in [0.1, 0.15) is 24.2 Å². The zero-order chi connectivity index (χ0) is 19.1. The molecule has 0 aliphatic heterocycles. The molecule has 1 aromatic heterocycles. The average molecular weight is 361 g/mol. The largest absolute Gasteiger partial charge is 0.494 e. The second-order valence-corrected chi connectivity index (χ2v) is 5.93. The van der Waals surface area contributed by atoms with E-state index >= 15 is 0 Å². The van der Waals surface area contributed by atoms with E-state index in [1.807, 2.05) is 74.5 Å². The van der Waals surface area contributed by atoms with E-state index in [1.54, 1.807) is 17.3 Å². The maximum absolute atomic E-state index is 12.9. The van der Waals surface area contributed by atoms with Crippen molar-refractivity contribution < 1.29 is 9.53 Å². The molecule has 0 fully saturated rings. The fraction of sp³-hybridized carbons (Fsp3) is 0.182. The molecule has 0 aliphatic rings. The molecule has 2 aromatic carbocycles. The van der Waals surface area contributed by atoms with Crippen molar-refractivity contribution in [1.82, 2.24) is 4.98 Å². The van der Waals surface area contributed by atoms with Crippen LogP contribution in [-0.2, 0) is 0 Å². The van der Waals surface area contributed by atoms with E-state index in [0.29, 0.717) is 18.7 Å². The fourth-order valence-corrected chi connectivity index (χ4v) is 2.80. The number of aromatic nitrogens is 1. The van der Waals surface area contributed by atoms with Gasteiger partial charge >= 0.3 is 0 Å². The van der Waals surface area contributed by atoms with Gasteiger partial charge in [0.2, 0.25) is 0 Å². The van der Waals surface area contributed by atoms with Gasteiger partial charge in [-0.25, -0.2) is 0 Å². The Morgan fingerprint density at radius 3 is 2.41 bits per heavy atom. The van der Waals surface area contributed by atoms with Crippen molar-refractivity contribution in [3.8, 4) is 5.75 Å². The molecule has 1 heterocycles. The highest BCUT2D eigenvalue weighted by Gasteiger charge is 2.16. The number of carbonyl (C=O) groups excluding carboxylic acids is 1. The highest BCUT2D eigenvalue weighted by Crippen LogP contribution is 2.22. The van der Waals surface area contributed by atoms with Crippen molar-refractivity contribution >= 4 is 23.0 Å². The molecule has 3 aromatic rings. The molecule has 0 unspecified atom stereocenters. The van der Waals surface area contributed by atoms with Crippen molar-refractivity contribution in [2.75, 3.05) is 23.4 Å². The van der Waals surface area contributed by atoms with E-state index in [1.165, 1.54) is 0 Å². The van der Waals surface area contributed by atoms with Crippen LogP contribution in [0.5, 0.6) is 5.75 Å². The standard InChI is InChI=1S/C22H23N3O2/c1-3-25(20-8-6-5-7-9-20)22(26)17-14-19(16-23-15-17)24-18-10-12-21(13-11-18)27-4-2/h5-16,24H,3-4H2,1-2H3. The number of amides is 1. The molecule has 0 radical (unpaired) electrons. The monoisotopic (exact) mass is 361 g/mol. The second kappa shape index (κ2) is 8.85. The topological polar surface area (TPSA) is 54.5 Å². The van der Waals surface area contributed by atoms with Crippen LogP contribution in [0.15, 0.2) is 73.1 Å². The summed E-state index contributed by atoms with van der Waals surface area (Å²) in [5.41, 5.74) is 3.07. The van der Waals surface area contributed by atoms with E-state index in [2.05, 4.69) is 10.3 Å². The first kappa shape index (κ1) is 18.5. The fourth-order valence-electron chi connectivity index (χ4n) is 2.80. The summed E-state index contributed by atoms with van der Waals surface area (Å²) in [5, 5.41) is 3.28. The Hall–Kier alpha value is -3.34. The predicted molar refractivity (Wildman–Crippen MR) is 109 cm³/mol. The minimum atomic E-state index is -0.0773. The van der Waals surface area contributed by atoms with Crippen LogP contribution < -0.4 is 15.0 Å². The molecule has 1 N–H and O–H groups in total. The number of benzene rings is 2. The molecule has 0 spiro atoms. The highest BCUT2D eigenvalue weighted by atomic mass is 16.5. The average Bonchev–Trinajstić information content (AvgIpc) is 2.71. The lowest BCUT2D eigenvalue weighted by molar-refractivity contribution is 0.0988. The SMILES string of the molecule is CCOc1ccc(Nc2cncc(C(=O)N(CC)c3ccccc3)c2)cc1. The first-order valence-corrected chi connectivity index (χ1v) is 9.03. The van der Waals surface area contributed by atoms with E-state index in [4.69, 9.17) is 4.74 Å². The molecule has 0 aliphatic carbocycles. The van der Waals surface area contributed by atoms with Gasteiger partial charge in [0.15, 0.2) is 0 Å². The van der Waals surface area contributed by atoms with Crippen LogP contribution in [0.4, 0.5) is 17.1 Å². The predicted octanol–water partition coefficient (Wildman–Crippen LogP) is 4.89. The lowest BCUT2D eigenvalue weighted by Crippen LogP contribution is -2.30. The van der Waals surface area contributed by atoms with Gasteiger partial charge < -0.3 is 15.0 Å². The van der Waals surface area contributed by atoms with Gasteiger partial charge in [0.25, 0.3) is 5.91 Å². The van der Waals surface area contributed by atoms with Gasteiger partial charge in [-0.3, -0.25) is 9.78 Å². The molecule has 0 saturated carbocycles. The van der Waals surface area contributed by atoms with Gasteiger partial charge in [0, 0.05) is 24.1 Å². The minimum absolute atomic E-state index is 0.0773.